The van der Waals surface area contributed by atoms with Gasteiger partial charge in [0, 0.05) is 38.0 Å². The van der Waals surface area contributed by atoms with Gasteiger partial charge in [-0.3, -0.25) is 9.48 Å². The molecule has 3 rings (SSSR count). The Morgan fingerprint density at radius 2 is 1.72 bits per heavy atom. The zero-order valence-corrected chi connectivity index (χ0v) is 14.0. The highest BCUT2D eigenvalue weighted by atomic mass is 35.5. The molecule has 0 aliphatic carbocycles. The largest absolute Gasteiger partial charge is 0.465 e. The van der Waals surface area contributed by atoms with E-state index in [2.05, 4.69) is 5.10 Å². The summed E-state index contributed by atoms with van der Waals surface area (Å²) < 4.78 is 39.5. The maximum absolute atomic E-state index is 12.8. The number of aromatic nitrogens is 2. The molecule has 11 heteroatoms. The number of rotatable bonds is 2. The van der Waals surface area contributed by atoms with E-state index in [-0.39, 0.29) is 30.0 Å². The molecule has 0 saturated carbocycles. The van der Waals surface area contributed by atoms with Gasteiger partial charge in [-0.1, -0.05) is 11.6 Å². The van der Waals surface area contributed by atoms with Gasteiger partial charge < -0.3 is 14.9 Å². The van der Waals surface area contributed by atoms with Crippen molar-refractivity contribution in [3.63, 3.8) is 0 Å². The second-order valence-electron chi connectivity index (χ2n) is 6.41. The number of carbonyl (C=O) groups excluding carboxylic acids is 1. The molecule has 2 aliphatic heterocycles. The first-order valence-corrected chi connectivity index (χ1v) is 8.01. The standard InChI is InChI=1S/C14H16ClF3N4O3/c1-7-11(15)12(14(16,17)18)19-22(7)6-10(23)20-2-8-4-21(13(24)25)5-9(8)3-20/h8-9H,2-6H2,1H3,(H,24,25). The topological polar surface area (TPSA) is 78.7 Å². The monoisotopic (exact) mass is 380 g/mol. The van der Waals surface area contributed by atoms with Gasteiger partial charge in [0.1, 0.15) is 6.54 Å². The van der Waals surface area contributed by atoms with Crippen LogP contribution in [0.25, 0.3) is 0 Å². The summed E-state index contributed by atoms with van der Waals surface area (Å²) in [5, 5.41) is 11.9. The highest BCUT2D eigenvalue weighted by Gasteiger charge is 2.43. The van der Waals surface area contributed by atoms with Gasteiger partial charge in [0.05, 0.1) is 10.7 Å². The summed E-state index contributed by atoms with van der Waals surface area (Å²) >= 11 is 5.68. The molecule has 2 amide bonds. The second kappa shape index (κ2) is 6.08. The Bertz CT molecular complexity index is 707. The van der Waals surface area contributed by atoms with Gasteiger partial charge in [-0.2, -0.15) is 18.3 Å². The van der Waals surface area contributed by atoms with Crippen molar-refractivity contribution in [3.05, 3.63) is 16.4 Å². The van der Waals surface area contributed by atoms with Crippen molar-refractivity contribution in [2.45, 2.75) is 19.6 Å². The van der Waals surface area contributed by atoms with Gasteiger partial charge >= 0.3 is 12.3 Å². The number of hydrogen-bond donors (Lipinski definition) is 1. The van der Waals surface area contributed by atoms with Crippen molar-refractivity contribution >= 4 is 23.6 Å². The predicted octanol–water partition coefficient (Wildman–Crippen LogP) is 1.93. The fraction of sp³-hybridized carbons (Fsp3) is 0.643. The molecular formula is C14H16ClF3N4O3. The Balaban J connectivity index is 1.66. The SMILES string of the molecule is Cc1c(Cl)c(C(F)(F)F)nn1CC(=O)N1CC2CN(C(=O)O)CC2C1. The van der Waals surface area contributed by atoms with Gasteiger partial charge in [0.25, 0.3) is 0 Å². The number of likely N-dealkylation sites (tertiary alicyclic amines) is 2. The fourth-order valence-corrected chi connectivity index (χ4v) is 3.68. The molecule has 2 unspecified atom stereocenters. The molecule has 2 atom stereocenters. The van der Waals surface area contributed by atoms with Crippen LogP contribution in [0.2, 0.25) is 5.02 Å². The smallest absolute Gasteiger partial charge is 0.436 e. The molecule has 0 aromatic carbocycles. The second-order valence-corrected chi connectivity index (χ2v) is 6.79. The fourth-order valence-electron chi connectivity index (χ4n) is 3.44. The van der Waals surface area contributed by atoms with Gasteiger partial charge in [-0.15, -0.1) is 0 Å². The molecule has 1 aromatic rings. The molecule has 0 bridgehead atoms. The number of fused-ring (bicyclic) bond motifs is 1. The maximum Gasteiger partial charge on any atom is 0.436 e. The summed E-state index contributed by atoms with van der Waals surface area (Å²) in [6.07, 6.45) is -5.66. The van der Waals surface area contributed by atoms with E-state index in [1.165, 1.54) is 11.8 Å². The number of carboxylic acid groups (broad SMARTS) is 1. The number of nitrogens with zero attached hydrogens (tertiary/aromatic N) is 4. The normalized spacial score (nSPS) is 23.2. The average molecular weight is 381 g/mol. The highest BCUT2D eigenvalue weighted by Crippen LogP contribution is 2.35. The van der Waals surface area contributed by atoms with E-state index >= 15 is 0 Å². The molecule has 7 nitrogen and oxygen atoms in total. The summed E-state index contributed by atoms with van der Waals surface area (Å²) in [6, 6.07) is 0. The molecule has 0 spiro atoms. The zero-order valence-electron chi connectivity index (χ0n) is 13.3. The summed E-state index contributed by atoms with van der Waals surface area (Å²) in [6.45, 7) is 2.58. The summed E-state index contributed by atoms with van der Waals surface area (Å²) in [4.78, 5) is 26.2. The van der Waals surface area contributed by atoms with Gasteiger partial charge in [-0.25, -0.2) is 4.79 Å². The van der Waals surface area contributed by atoms with Crippen LogP contribution in [0, 0.1) is 18.8 Å². The van der Waals surface area contributed by atoms with E-state index < -0.39 is 23.0 Å². The summed E-state index contributed by atoms with van der Waals surface area (Å²) in [5.41, 5.74) is -1.12. The van der Waals surface area contributed by atoms with Crippen LogP contribution in [0.4, 0.5) is 18.0 Å². The lowest BCUT2D eigenvalue weighted by Crippen LogP contribution is -2.36. The first kappa shape index (κ1) is 17.8. The zero-order chi connectivity index (χ0) is 18.5. The van der Waals surface area contributed by atoms with Crippen molar-refractivity contribution in [1.29, 1.82) is 0 Å². The minimum absolute atomic E-state index is 0.0630. The number of halogens is 4. The Morgan fingerprint density at radius 1 is 1.20 bits per heavy atom. The first-order valence-electron chi connectivity index (χ1n) is 7.63. The minimum Gasteiger partial charge on any atom is -0.465 e. The lowest BCUT2D eigenvalue weighted by atomic mass is 10.0. The van der Waals surface area contributed by atoms with Crippen LogP contribution in [0.3, 0.4) is 0 Å². The van der Waals surface area contributed by atoms with Gasteiger partial charge in [0.15, 0.2) is 5.69 Å². The maximum atomic E-state index is 12.8. The van der Waals surface area contributed by atoms with E-state index in [9.17, 15) is 22.8 Å². The lowest BCUT2D eigenvalue weighted by molar-refractivity contribution is -0.142. The van der Waals surface area contributed by atoms with Crippen molar-refractivity contribution < 1.29 is 27.9 Å². The van der Waals surface area contributed by atoms with E-state index in [0.29, 0.717) is 26.2 Å². The molecule has 1 N–H and O–H groups in total. The number of alkyl halides is 3. The summed E-state index contributed by atoms with van der Waals surface area (Å²) in [7, 11) is 0. The molecule has 2 fully saturated rings. The molecule has 138 valence electrons. The highest BCUT2D eigenvalue weighted by molar-refractivity contribution is 6.32. The van der Waals surface area contributed by atoms with E-state index in [0.717, 1.165) is 4.68 Å². The van der Waals surface area contributed by atoms with E-state index in [1.807, 2.05) is 0 Å². The first-order chi connectivity index (χ1) is 11.6. The van der Waals surface area contributed by atoms with Crippen LogP contribution < -0.4 is 0 Å². The molecule has 2 saturated heterocycles. The van der Waals surface area contributed by atoms with Crippen molar-refractivity contribution in [3.8, 4) is 0 Å². The Hall–Kier alpha value is -1.97. The Labute approximate surface area is 145 Å². The van der Waals surface area contributed by atoms with Crippen LogP contribution in [0.5, 0.6) is 0 Å². The minimum atomic E-state index is -4.68. The van der Waals surface area contributed by atoms with Crippen molar-refractivity contribution in [1.82, 2.24) is 19.6 Å². The number of carbonyl (C=O) groups is 2. The van der Waals surface area contributed by atoms with Crippen LogP contribution >= 0.6 is 11.6 Å². The van der Waals surface area contributed by atoms with Gasteiger partial charge in [0.2, 0.25) is 5.91 Å². The molecule has 2 aliphatic rings. The van der Waals surface area contributed by atoms with Gasteiger partial charge in [-0.05, 0) is 6.92 Å². The molecule has 1 aromatic heterocycles. The van der Waals surface area contributed by atoms with Crippen molar-refractivity contribution in [2.24, 2.45) is 11.8 Å². The third-order valence-electron chi connectivity index (χ3n) is 4.80. The molecule has 25 heavy (non-hydrogen) atoms. The molecule has 3 heterocycles. The lowest BCUT2D eigenvalue weighted by Gasteiger charge is -2.20. The average Bonchev–Trinajstić information content (AvgIpc) is 3.13. The Morgan fingerprint density at radius 3 is 2.16 bits per heavy atom. The summed E-state index contributed by atoms with van der Waals surface area (Å²) in [5.74, 6) is -0.228. The van der Waals surface area contributed by atoms with Crippen LogP contribution in [0.15, 0.2) is 0 Å². The van der Waals surface area contributed by atoms with Crippen molar-refractivity contribution in [2.75, 3.05) is 26.2 Å². The van der Waals surface area contributed by atoms with Crippen LogP contribution in [-0.4, -0.2) is 62.9 Å². The molecular weight excluding hydrogens is 365 g/mol. The van der Waals surface area contributed by atoms with Crippen LogP contribution in [0.1, 0.15) is 11.4 Å². The van der Waals surface area contributed by atoms with E-state index in [4.69, 9.17) is 16.7 Å². The predicted molar refractivity (Wildman–Crippen MR) is 80.1 cm³/mol. The van der Waals surface area contributed by atoms with E-state index in [1.54, 1.807) is 4.90 Å². The number of hydrogen-bond acceptors (Lipinski definition) is 3. The Kier molecular flexibility index (Phi) is 4.34. The number of amides is 2. The third-order valence-corrected chi connectivity index (χ3v) is 5.25. The molecule has 0 radical (unpaired) electrons. The quantitative estimate of drug-likeness (QED) is 0.850. The third kappa shape index (κ3) is 3.26. The van der Waals surface area contributed by atoms with Crippen LogP contribution in [-0.2, 0) is 17.5 Å².